The third kappa shape index (κ3) is 3.19. The second-order valence-corrected chi connectivity index (χ2v) is 8.18. The molecule has 22 heavy (non-hydrogen) atoms. The van der Waals surface area contributed by atoms with Crippen LogP contribution >= 0.6 is 0 Å². The van der Waals surface area contributed by atoms with Crippen molar-refractivity contribution in [2.24, 2.45) is 11.8 Å². The summed E-state index contributed by atoms with van der Waals surface area (Å²) in [5, 5.41) is 0. The molecule has 3 fully saturated rings. The smallest absolute Gasteiger partial charge is 0.240 e. The number of sulfonamides is 1. The second-order valence-electron chi connectivity index (χ2n) is 6.41. The van der Waals surface area contributed by atoms with Gasteiger partial charge in [0.25, 0.3) is 0 Å². The Hall–Kier alpha value is -0.980. The highest BCUT2D eigenvalue weighted by Gasteiger charge is 2.39. The van der Waals surface area contributed by atoms with Gasteiger partial charge < -0.3 is 0 Å². The van der Waals surface area contributed by atoms with Crippen molar-refractivity contribution in [3.63, 3.8) is 0 Å². The first-order chi connectivity index (χ1) is 10.5. The summed E-state index contributed by atoms with van der Waals surface area (Å²) in [5.74, 6) is 0.942. The summed E-state index contributed by atoms with van der Waals surface area (Å²) in [6.07, 6.45) is 3.48. The molecule has 0 radical (unpaired) electrons. The van der Waals surface area contributed by atoms with E-state index in [0.29, 0.717) is 6.54 Å². The van der Waals surface area contributed by atoms with Crippen molar-refractivity contribution in [3.8, 4) is 0 Å². The molecule has 1 aromatic rings. The molecular weight excluding hydrogens is 303 g/mol. The number of rotatable bonds is 5. The van der Waals surface area contributed by atoms with E-state index in [2.05, 4.69) is 16.5 Å². The predicted molar refractivity (Wildman–Crippen MR) is 83.5 cm³/mol. The molecule has 0 aliphatic carbocycles. The lowest BCUT2D eigenvalue weighted by Crippen LogP contribution is -2.56. The van der Waals surface area contributed by atoms with Crippen molar-refractivity contribution in [1.82, 2.24) is 9.62 Å². The molecule has 3 heterocycles. The minimum absolute atomic E-state index is 0.00472. The lowest BCUT2D eigenvalue weighted by atomic mass is 9.74. The number of nitrogens with zero attached hydrogens (tertiary/aromatic N) is 1. The summed E-state index contributed by atoms with van der Waals surface area (Å²) in [4.78, 5) is 2.40. The lowest BCUT2D eigenvalue weighted by Gasteiger charge is -2.49. The standard InChI is InChI=1S/C16H23FN2O2S/c1-2-12-11-19-7-6-13(12)8-15(19)10-18-22(20,21)16-5-3-4-14(17)9-16/h3-5,9,12-13,15,18H,2,6-8,10-11H2,1H3. The number of halogens is 1. The number of hydrogen-bond donors (Lipinski definition) is 1. The van der Waals surface area contributed by atoms with E-state index >= 15 is 0 Å². The van der Waals surface area contributed by atoms with Gasteiger partial charge in [0, 0.05) is 19.1 Å². The van der Waals surface area contributed by atoms with Crippen LogP contribution in [0.5, 0.6) is 0 Å². The van der Waals surface area contributed by atoms with Gasteiger partial charge in [0.1, 0.15) is 5.82 Å². The minimum Gasteiger partial charge on any atom is -0.299 e. The first-order valence-electron chi connectivity index (χ1n) is 7.99. The van der Waals surface area contributed by atoms with E-state index in [0.717, 1.165) is 37.4 Å². The van der Waals surface area contributed by atoms with Gasteiger partial charge in [-0.15, -0.1) is 0 Å². The van der Waals surface area contributed by atoms with Crippen LogP contribution in [0.25, 0.3) is 0 Å². The summed E-state index contributed by atoms with van der Waals surface area (Å²) < 4.78 is 40.4. The Bertz CT molecular complexity index is 635. The van der Waals surface area contributed by atoms with Crippen molar-refractivity contribution in [2.75, 3.05) is 19.6 Å². The van der Waals surface area contributed by atoms with Gasteiger partial charge in [-0.25, -0.2) is 17.5 Å². The number of hydrogen-bond acceptors (Lipinski definition) is 3. The van der Waals surface area contributed by atoms with Gasteiger partial charge in [-0.1, -0.05) is 19.4 Å². The average molecular weight is 326 g/mol. The fourth-order valence-electron chi connectivity index (χ4n) is 3.85. The molecular formula is C16H23FN2O2S. The average Bonchev–Trinajstić information content (AvgIpc) is 2.53. The Balaban J connectivity index is 1.63. The van der Waals surface area contributed by atoms with Gasteiger partial charge in [0.2, 0.25) is 10.0 Å². The number of fused-ring (bicyclic) bond motifs is 3. The molecule has 3 saturated heterocycles. The van der Waals surface area contributed by atoms with Crippen LogP contribution in [0, 0.1) is 17.7 Å². The summed E-state index contributed by atoms with van der Waals surface area (Å²) in [6.45, 7) is 4.78. The maximum absolute atomic E-state index is 13.2. The molecule has 4 atom stereocenters. The van der Waals surface area contributed by atoms with Crippen molar-refractivity contribution < 1.29 is 12.8 Å². The molecule has 0 aromatic heterocycles. The summed E-state index contributed by atoms with van der Waals surface area (Å²) in [5.41, 5.74) is 0. The lowest BCUT2D eigenvalue weighted by molar-refractivity contribution is 0.00236. The maximum atomic E-state index is 13.2. The molecule has 0 amide bonds. The fraction of sp³-hybridized carbons (Fsp3) is 0.625. The Morgan fingerprint density at radius 2 is 2.23 bits per heavy atom. The Morgan fingerprint density at radius 3 is 2.86 bits per heavy atom. The molecule has 4 rings (SSSR count). The van der Waals surface area contributed by atoms with Crippen LogP contribution in [-0.4, -0.2) is 39.0 Å². The van der Waals surface area contributed by atoms with Gasteiger partial charge in [0.05, 0.1) is 4.90 Å². The van der Waals surface area contributed by atoms with E-state index in [4.69, 9.17) is 0 Å². The van der Waals surface area contributed by atoms with E-state index in [1.165, 1.54) is 31.0 Å². The van der Waals surface area contributed by atoms with Crippen molar-refractivity contribution in [2.45, 2.75) is 37.1 Å². The van der Waals surface area contributed by atoms with E-state index in [9.17, 15) is 12.8 Å². The highest BCUT2D eigenvalue weighted by atomic mass is 32.2. The third-order valence-electron chi connectivity index (χ3n) is 5.15. The second kappa shape index (κ2) is 6.26. The molecule has 1 aromatic carbocycles. The highest BCUT2D eigenvalue weighted by molar-refractivity contribution is 7.89. The zero-order valence-corrected chi connectivity index (χ0v) is 13.7. The van der Waals surface area contributed by atoms with Crippen molar-refractivity contribution in [1.29, 1.82) is 0 Å². The van der Waals surface area contributed by atoms with Crippen LogP contribution in [0.4, 0.5) is 4.39 Å². The van der Waals surface area contributed by atoms with Gasteiger partial charge in [0.15, 0.2) is 0 Å². The topological polar surface area (TPSA) is 49.4 Å². The van der Waals surface area contributed by atoms with E-state index in [1.807, 2.05) is 0 Å². The molecule has 4 unspecified atom stereocenters. The molecule has 1 N–H and O–H groups in total. The fourth-order valence-corrected chi connectivity index (χ4v) is 4.95. The molecule has 4 nitrogen and oxygen atoms in total. The number of nitrogens with one attached hydrogen (secondary N) is 1. The molecule has 3 aliphatic rings. The Labute approximate surface area is 131 Å². The molecule has 122 valence electrons. The minimum atomic E-state index is -3.63. The van der Waals surface area contributed by atoms with Crippen LogP contribution in [0.2, 0.25) is 0 Å². The monoisotopic (exact) mass is 326 g/mol. The third-order valence-corrected chi connectivity index (χ3v) is 6.57. The van der Waals surface area contributed by atoms with Crippen LogP contribution in [0.3, 0.4) is 0 Å². The molecule has 3 aliphatic heterocycles. The predicted octanol–water partition coefficient (Wildman–Crippen LogP) is 2.22. The molecule has 0 saturated carbocycles. The zero-order valence-electron chi connectivity index (χ0n) is 12.8. The van der Waals surface area contributed by atoms with Gasteiger partial charge >= 0.3 is 0 Å². The van der Waals surface area contributed by atoms with Crippen molar-refractivity contribution in [3.05, 3.63) is 30.1 Å². The van der Waals surface area contributed by atoms with E-state index < -0.39 is 15.8 Å². The summed E-state index contributed by atoms with van der Waals surface area (Å²) in [7, 11) is -3.63. The quantitative estimate of drug-likeness (QED) is 0.903. The van der Waals surface area contributed by atoms with Gasteiger partial charge in [-0.3, -0.25) is 4.90 Å². The first kappa shape index (κ1) is 15.9. The van der Waals surface area contributed by atoms with E-state index in [-0.39, 0.29) is 10.9 Å². The van der Waals surface area contributed by atoms with E-state index in [1.54, 1.807) is 0 Å². The van der Waals surface area contributed by atoms with Crippen LogP contribution in [0.15, 0.2) is 29.2 Å². The van der Waals surface area contributed by atoms with Crippen LogP contribution < -0.4 is 4.72 Å². The molecule has 6 heteroatoms. The van der Waals surface area contributed by atoms with Crippen LogP contribution in [0.1, 0.15) is 26.2 Å². The van der Waals surface area contributed by atoms with Crippen molar-refractivity contribution >= 4 is 10.0 Å². The van der Waals surface area contributed by atoms with Crippen LogP contribution in [-0.2, 0) is 10.0 Å². The summed E-state index contributed by atoms with van der Waals surface area (Å²) in [6, 6.07) is 5.41. The zero-order chi connectivity index (χ0) is 15.7. The van der Waals surface area contributed by atoms with Gasteiger partial charge in [-0.05, 0) is 49.4 Å². The normalized spacial score (nSPS) is 31.4. The summed E-state index contributed by atoms with van der Waals surface area (Å²) >= 11 is 0. The molecule has 2 bridgehead atoms. The largest absolute Gasteiger partial charge is 0.299 e. The molecule has 0 spiro atoms. The maximum Gasteiger partial charge on any atom is 0.240 e. The Kier molecular flexibility index (Phi) is 4.52. The number of piperidine rings is 3. The van der Waals surface area contributed by atoms with Gasteiger partial charge in [-0.2, -0.15) is 0 Å². The highest BCUT2D eigenvalue weighted by Crippen LogP contribution is 2.37. The number of benzene rings is 1. The SMILES string of the molecule is CCC1CN2CCC1CC2CNS(=O)(=O)c1cccc(F)c1. The Morgan fingerprint density at radius 1 is 1.41 bits per heavy atom. The first-order valence-corrected chi connectivity index (χ1v) is 9.47.